The van der Waals surface area contributed by atoms with E-state index in [9.17, 15) is 0 Å². The lowest BCUT2D eigenvalue weighted by atomic mass is 9.79. The lowest BCUT2D eigenvalue weighted by Crippen LogP contribution is -2.15. The Balaban J connectivity index is 1.11. The highest BCUT2D eigenvalue weighted by Crippen LogP contribution is 2.56. The van der Waals surface area contributed by atoms with Crippen molar-refractivity contribution in [3.63, 3.8) is 0 Å². The van der Waals surface area contributed by atoms with Gasteiger partial charge in [0.1, 0.15) is 11.2 Å². The molecule has 0 N–H and O–H groups in total. The SMILES string of the molecule is CC1(C)c2cc(-c3c4ccccc4c(-c4cccc5oc6ccccc6c45)c4ccccc34)ccc2-c2ccc3sc4cc5ccccc5cc4c3c21. The number of para-hydroxylation sites is 1. The number of benzene rings is 9. The van der Waals surface area contributed by atoms with E-state index < -0.39 is 0 Å². The molecule has 0 bridgehead atoms. The highest BCUT2D eigenvalue weighted by atomic mass is 32.1. The highest BCUT2D eigenvalue weighted by Gasteiger charge is 2.38. The van der Waals surface area contributed by atoms with Gasteiger partial charge in [0, 0.05) is 36.4 Å². The molecule has 0 atom stereocenters. The van der Waals surface area contributed by atoms with E-state index in [0.717, 1.165) is 16.6 Å². The van der Waals surface area contributed by atoms with Crippen molar-refractivity contribution in [1.29, 1.82) is 0 Å². The molecular formula is C51H32OS. The molecule has 0 unspecified atom stereocenters. The minimum absolute atomic E-state index is 0.177. The molecule has 2 heteroatoms. The topological polar surface area (TPSA) is 13.1 Å². The summed E-state index contributed by atoms with van der Waals surface area (Å²) in [6.07, 6.45) is 0. The van der Waals surface area contributed by atoms with Crippen LogP contribution in [0.5, 0.6) is 0 Å². The molecule has 1 nitrogen and oxygen atoms in total. The van der Waals surface area contributed by atoms with Crippen molar-refractivity contribution in [2.45, 2.75) is 19.3 Å². The third kappa shape index (κ3) is 3.91. The second-order valence-electron chi connectivity index (χ2n) is 15.2. The van der Waals surface area contributed by atoms with Gasteiger partial charge in [0.05, 0.1) is 0 Å². The van der Waals surface area contributed by atoms with Gasteiger partial charge in [0.15, 0.2) is 0 Å². The minimum atomic E-state index is -0.177. The molecule has 9 aromatic carbocycles. The van der Waals surface area contributed by atoms with Crippen LogP contribution in [0.3, 0.4) is 0 Å². The smallest absolute Gasteiger partial charge is 0.136 e. The van der Waals surface area contributed by atoms with Gasteiger partial charge in [-0.2, -0.15) is 0 Å². The molecule has 0 saturated heterocycles. The van der Waals surface area contributed by atoms with Crippen molar-refractivity contribution in [2.75, 3.05) is 0 Å². The maximum Gasteiger partial charge on any atom is 0.136 e. The summed E-state index contributed by atoms with van der Waals surface area (Å²) < 4.78 is 9.11. The normalized spacial score (nSPS) is 13.6. The van der Waals surface area contributed by atoms with Gasteiger partial charge in [0.25, 0.3) is 0 Å². The number of hydrogen-bond acceptors (Lipinski definition) is 2. The quantitative estimate of drug-likeness (QED) is 0.164. The van der Waals surface area contributed by atoms with Crippen molar-refractivity contribution in [1.82, 2.24) is 0 Å². The Morgan fingerprint density at radius 2 is 1.06 bits per heavy atom. The van der Waals surface area contributed by atoms with Crippen molar-refractivity contribution < 1.29 is 4.42 Å². The van der Waals surface area contributed by atoms with E-state index in [-0.39, 0.29) is 5.41 Å². The van der Waals surface area contributed by atoms with Crippen LogP contribution in [0.1, 0.15) is 25.0 Å². The van der Waals surface area contributed by atoms with Gasteiger partial charge in [-0.05, 0) is 113 Å². The van der Waals surface area contributed by atoms with Gasteiger partial charge in [-0.15, -0.1) is 11.3 Å². The van der Waals surface area contributed by atoms with Gasteiger partial charge >= 0.3 is 0 Å². The van der Waals surface area contributed by atoms with E-state index in [1.807, 2.05) is 17.4 Å². The first-order valence-electron chi connectivity index (χ1n) is 18.4. The monoisotopic (exact) mass is 692 g/mol. The van der Waals surface area contributed by atoms with Crippen LogP contribution in [0.15, 0.2) is 162 Å². The second-order valence-corrected chi connectivity index (χ2v) is 16.2. The van der Waals surface area contributed by atoms with Crippen LogP contribution in [0.4, 0.5) is 0 Å². The Bertz CT molecular complexity index is 3320. The average Bonchev–Trinajstić information content (AvgIpc) is 3.83. The van der Waals surface area contributed by atoms with Crippen molar-refractivity contribution >= 4 is 85.8 Å². The van der Waals surface area contributed by atoms with Crippen LogP contribution in [0.2, 0.25) is 0 Å². The summed E-state index contributed by atoms with van der Waals surface area (Å²) in [6.45, 7) is 4.86. The van der Waals surface area contributed by atoms with Gasteiger partial charge in [-0.25, -0.2) is 0 Å². The standard InChI is InChI=1S/C51H32OS/c1-51(2)41-27-31(22-23-32(41)37-24-25-44-49(50(37)51)40-26-29-12-3-4-13-30(29)28-45(40)53-44)46-33-14-5-7-16-35(33)47(36-17-8-6-15-34(36)46)39-19-11-21-43-48(39)38-18-9-10-20-42(38)52-43/h3-28H,1-2H3. The molecular weight excluding hydrogens is 661 g/mol. The molecule has 0 amide bonds. The number of furan rings is 1. The molecule has 248 valence electrons. The molecule has 0 spiro atoms. The molecule has 1 aliphatic carbocycles. The maximum atomic E-state index is 6.39. The molecule has 0 radical (unpaired) electrons. The van der Waals surface area contributed by atoms with Gasteiger partial charge < -0.3 is 4.42 Å². The lowest BCUT2D eigenvalue weighted by molar-refractivity contribution is 0.667. The van der Waals surface area contributed by atoms with E-state index in [1.54, 1.807) is 0 Å². The molecule has 1 aliphatic rings. The molecule has 53 heavy (non-hydrogen) atoms. The third-order valence-corrected chi connectivity index (χ3v) is 13.1. The minimum Gasteiger partial charge on any atom is -0.456 e. The summed E-state index contributed by atoms with van der Waals surface area (Å²) in [5.74, 6) is 0. The number of rotatable bonds is 2. The van der Waals surface area contributed by atoms with Crippen LogP contribution >= 0.6 is 11.3 Å². The molecule has 0 aliphatic heterocycles. The molecule has 0 fully saturated rings. The first-order chi connectivity index (χ1) is 26.0. The van der Waals surface area contributed by atoms with E-state index >= 15 is 0 Å². The fourth-order valence-electron chi connectivity index (χ4n) is 9.73. The Morgan fingerprint density at radius 3 is 1.81 bits per heavy atom. The predicted octanol–water partition coefficient (Wildman–Crippen LogP) is 15.1. The Kier molecular flexibility index (Phi) is 5.78. The first-order valence-corrected chi connectivity index (χ1v) is 19.2. The summed E-state index contributed by atoms with van der Waals surface area (Å²) >= 11 is 1.92. The highest BCUT2D eigenvalue weighted by molar-refractivity contribution is 7.26. The summed E-state index contributed by atoms with van der Waals surface area (Å²) in [5.41, 5.74) is 12.2. The van der Waals surface area contributed by atoms with E-state index in [2.05, 4.69) is 166 Å². The van der Waals surface area contributed by atoms with E-state index in [0.29, 0.717) is 0 Å². The second kappa shape index (κ2) is 10.4. The summed E-state index contributed by atoms with van der Waals surface area (Å²) in [7, 11) is 0. The first kappa shape index (κ1) is 29.4. The summed E-state index contributed by atoms with van der Waals surface area (Å²) in [6, 6.07) is 58.4. The van der Waals surface area contributed by atoms with Crippen LogP contribution < -0.4 is 0 Å². The van der Waals surface area contributed by atoms with Crippen molar-refractivity contribution in [3.8, 4) is 33.4 Å². The van der Waals surface area contributed by atoms with Crippen LogP contribution in [0.25, 0.3) is 108 Å². The third-order valence-electron chi connectivity index (χ3n) is 12.0. The van der Waals surface area contributed by atoms with Crippen molar-refractivity contribution in [3.05, 3.63) is 169 Å². The Hall–Kier alpha value is -6.22. The average molecular weight is 693 g/mol. The zero-order valence-corrected chi connectivity index (χ0v) is 30.1. The predicted molar refractivity (Wildman–Crippen MR) is 228 cm³/mol. The summed E-state index contributed by atoms with van der Waals surface area (Å²) in [4.78, 5) is 0. The number of fused-ring (bicyclic) bond motifs is 13. The largest absolute Gasteiger partial charge is 0.456 e. The van der Waals surface area contributed by atoms with Crippen molar-refractivity contribution in [2.24, 2.45) is 0 Å². The number of hydrogen-bond donors (Lipinski definition) is 0. The van der Waals surface area contributed by atoms with Gasteiger partial charge in [-0.1, -0.05) is 135 Å². The lowest BCUT2D eigenvalue weighted by Gasteiger charge is -2.24. The van der Waals surface area contributed by atoms with Gasteiger partial charge in [0.2, 0.25) is 0 Å². The number of thiophene rings is 1. The summed E-state index contributed by atoms with van der Waals surface area (Å²) in [5, 5.41) is 12.7. The zero-order chi connectivity index (χ0) is 35.0. The Labute approximate surface area is 310 Å². The van der Waals surface area contributed by atoms with Crippen LogP contribution in [0, 0.1) is 0 Å². The fourth-order valence-corrected chi connectivity index (χ4v) is 10.9. The molecule has 11 aromatic rings. The van der Waals surface area contributed by atoms with E-state index in [1.165, 1.54) is 102 Å². The molecule has 12 rings (SSSR count). The molecule has 0 saturated carbocycles. The van der Waals surface area contributed by atoms with Crippen LogP contribution in [-0.4, -0.2) is 0 Å². The maximum absolute atomic E-state index is 6.39. The Morgan fingerprint density at radius 1 is 0.434 bits per heavy atom. The van der Waals surface area contributed by atoms with Gasteiger partial charge in [-0.3, -0.25) is 0 Å². The van der Waals surface area contributed by atoms with Crippen LogP contribution in [-0.2, 0) is 5.41 Å². The molecule has 2 heterocycles. The van der Waals surface area contributed by atoms with E-state index in [4.69, 9.17) is 4.42 Å². The fraction of sp³-hybridized carbons (Fsp3) is 0.0588. The zero-order valence-electron chi connectivity index (χ0n) is 29.3. The molecule has 2 aromatic heterocycles.